The second-order valence-corrected chi connectivity index (χ2v) is 7.96. The van der Waals surface area contributed by atoms with E-state index in [2.05, 4.69) is 5.32 Å². The number of hydrogen-bond donors (Lipinski definition) is 2. The van der Waals surface area contributed by atoms with Crippen molar-refractivity contribution in [1.29, 1.82) is 0 Å². The van der Waals surface area contributed by atoms with Crippen LogP contribution in [0.15, 0.2) is 41.2 Å². The molecule has 2 N–H and O–H groups in total. The van der Waals surface area contributed by atoms with Crippen LogP contribution in [0.5, 0.6) is 0 Å². The molecule has 0 saturated carbocycles. The van der Waals surface area contributed by atoms with Crippen molar-refractivity contribution in [3.8, 4) is 11.4 Å². The molecule has 1 saturated heterocycles. The molecule has 158 valence electrons. The van der Waals surface area contributed by atoms with E-state index in [1.807, 2.05) is 30.3 Å². The Morgan fingerprint density at radius 2 is 2.03 bits per heavy atom. The molecular formula is C23H21N3O5. The fraction of sp³-hybridized carbons (Fsp3) is 0.304. The van der Waals surface area contributed by atoms with Crippen molar-refractivity contribution in [1.82, 2.24) is 14.9 Å². The second kappa shape index (κ2) is 6.75. The van der Waals surface area contributed by atoms with E-state index in [0.29, 0.717) is 17.9 Å². The van der Waals surface area contributed by atoms with Crippen molar-refractivity contribution in [2.45, 2.75) is 45.1 Å². The smallest absolute Gasteiger partial charge is 0.329 e. The number of pyridine rings is 2. The van der Waals surface area contributed by atoms with Gasteiger partial charge in [-0.2, -0.15) is 0 Å². The second-order valence-electron chi connectivity index (χ2n) is 7.96. The van der Waals surface area contributed by atoms with Crippen molar-refractivity contribution in [3.05, 3.63) is 63.4 Å². The van der Waals surface area contributed by atoms with Crippen LogP contribution in [-0.2, 0) is 33.1 Å². The maximum absolute atomic E-state index is 13.3. The number of aliphatic hydroxyl groups is 1. The van der Waals surface area contributed by atoms with Gasteiger partial charge in [-0.25, -0.2) is 9.78 Å². The molecule has 5 rings (SSSR count). The summed E-state index contributed by atoms with van der Waals surface area (Å²) in [6.07, 6.45) is 0.116. The number of aromatic nitrogens is 2. The van der Waals surface area contributed by atoms with Crippen molar-refractivity contribution in [2.24, 2.45) is 0 Å². The van der Waals surface area contributed by atoms with E-state index < -0.39 is 35.7 Å². The predicted molar refractivity (Wildman–Crippen MR) is 112 cm³/mol. The minimum Gasteiger partial charge on any atom is -0.442 e. The normalized spacial score (nSPS) is 22.1. The fourth-order valence-electron chi connectivity index (χ4n) is 4.51. The molecule has 1 aromatic carbocycles. The number of carbonyl (C=O) groups is 2. The maximum atomic E-state index is 13.3. The van der Waals surface area contributed by atoms with Crippen molar-refractivity contribution >= 4 is 22.8 Å². The van der Waals surface area contributed by atoms with Gasteiger partial charge in [0.05, 0.1) is 35.6 Å². The van der Waals surface area contributed by atoms with Crippen molar-refractivity contribution in [2.75, 3.05) is 0 Å². The molecule has 1 amide bonds. The number of fused-ring (bicyclic) bond motifs is 4. The van der Waals surface area contributed by atoms with Gasteiger partial charge >= 0.3 is 5.97 Å². The number of nitrogens with one attached hydrogen (secondary N) is 1. The molecule has 4 heterocycles. The summed E-state index contributed by atoms with van der Waals surface area (Å²) in [5.74, 6) is -1.10. The SMILES string of the molecule is CC[C@@]1(c2cc3n(c(=O)c2CO)Cc2cc4ccccc4nc2-3)OC(=O)[C@H](C)NC1=O. The highest BCUT2D eigenvalue weighted by molar-refractivity contribution is 5.96. The van der Waals surface area contributed by atoms with Crippen LogP contribution >= 0.6 is 0 Å². The lowest BCUT2D eigenvalue weighted by Crippen LogP contribution is -2.59. The summed E-state index contributed by atoms with van der Waals surface area (Å²) in [6, 6.07) is 10.5. The van der Waals surface area contributed by atoms with E-state index in [-0.39, 0.29) is 17.5 Å². The molecule has 0 unspecified atom stereocenters. The lowest BCUT2D eigenvalue weighted by molar-refractivity contribution is -0.181. The van der Waals surface area contributed by atoms with Gasteiger partial charge in [0.15, 0.2) is 0 Å². The van der Waals surface area contributed by atoms with E-state index in [1.54, 1.807) is 17.6 Å². The van der Waals surface area contributed by atoms with Crippen LogP contribution < -0.4 is 10.9 Å². The standard InChI is InChI=1S/C23H21N3O5/c1-3-23(22(30)24-12(2)21(29)31-23)16-9-18-19-14(10-26(18)20(28)15(16)11-27)8-13-6-4-5-7-17(13)25-19/h4-9,12,27H,3,10-11H2,1-2H3,(H,24,30)/t12-,23-/m0/s1. The van der Waals surface area contributed by atoms with Gasteiger partial charge in [0.1, 0.15) is 6.04 Å². The molecule has 0 spiro atoms. The third-order valence-corrected chi connectivity index (χ3v) is 6.21. The number of nitrogens with zero attached hydrogens (tertiary/aromatic N) is 2. The Labute approximate surface area is 177 Å². The Morgan fingerprint density at radius 3 is 2.77 bits per heavy atom. The molecule has 2 atom stereocenters. The number of esters is 1. The highest BCUT2D eigenvalue weighted by atomic mass is 16.6. The molecule has 1 fully saturated rings. The summed E-state index contributed by atoms with van der Waals surface area (Å²) >= 11 is 0. The van der Waals surface area contributed by atoms with E-state index >= 15 is 0 Å². The number of cyclic esters (lactones) is 1. The average molecular weight is 419 g/mol. The molecule has 2 aromatic heterocycles. The van der Waals surface area contributed by atoms with Crippen molar-refractivity contribution in [3.63, 3.8) is 0 Å². The Balaban J connectivity index is 1.77. The number of benzene rings is 1. The van der Waals surface area contributed by atoms with Gasteiger partial charge in [-0.3, -0.25) is 9.59 Å². The summed E-state index contributed by atoms with van der Waals surface area (Å²) in [5, 5.41) is 13.6. The summed E-state index contributed by atoms with van der Waals surface area (Å²) < 4.78 is 7.16. The minimum atomic E-state index is -1.68. The molecule has 2 aliphatic heterocycles. The van der Waals surface area contributed by atoms with E-state index in [0.717, 1.165) is 16.5 Å². The van der Waals surface area contributed by atoms with Gasteiger partial charge < -0.3 is 19.7 Å². The number of ether oxygens (including phenoxy) is 1. The average Bonchev–Trinajstić information content (AvgIpc) is 3.12. The quantitative estimate of drug-likeness (QED) is 0.488. The topological polar surface area (TPSA) is 111 Å². The summed E-state index contributed by atoms with van der Waals surface area (Å²) in [7, 11) is 0. The first-order valence-corrected chi connectivity index (χ1v) is 10.2. The molecule has 8 heteroatoms. The van der Waals surface area contributed by atoms with E-state index in [9.17, 15) is 19.5 Å². The predicted octanol–water partition coefficient (Wildman–Crippen LogP) is 1.58. The van der Waals surface area contributed by atoms with Crippen LogP contribution in [0.25, 0.3) is 22.3 Å². The third-order valence-electron chi connectivity index (χ3n) is 6.21. The molecule has 2 aliphatic rings. The number of carbonyl (C=O) groups excluding carboxylic acids is 2. The van der Waals surface area contributed by atoms with Crippen LogP contribution in [0.4, 0.5) is 0 Å². The lowest BCUT2D eigenvalue weighted by atomic mass is 9.85. The largest absolute Gasteiger partial charge is 0.442 e. The molecule has 0 radical (unpaired) electrons. The number of aliphatic hydroxyl groups excluding tert-OH is 1. The maximum Gasteiger partial charge on any atom is 0.329 e. The summed E-state index contributed by atoms with van der Waals surface area (Å²) in [5.41, 5.74) is 0.978. The monoisotopic (exact) mass is 419 g/mol. The Bertz CT molecular complexity index is 1330. The first-order chi connectivity index (χ1) is 14.9. The van der Waals surface area contributed by atoms with E-state index in [1.165, 1.54) is 6.92 Å². The van der Waals surface area contributed by atoms with Gasteiger partial charge in [-0.1, -0.05) is 25.1 Å². The number of morpholine rings is 1. The van der Waals surface area contributed by atoms with Crippen LogP contribution in [0, 0.1) is 0 Å². The molecule has 0 bridgehead atoms. The molecule has 0 aliphatic carbocycles. The number of amides is 1. The Hall–Kier alpha value is -3.52. The number of para-hydroxylation sites is 1. The zero-order valence-electron chi connectivity index (χ0n) is 17.1. The van der Waals surface area contributed by atoms with Gasteiger partial charge in [-0.15, -0.1) is 0 Å². The molecule has 8 nitrogen and oxygen atoms in total. The lowest BCUT2D eigenvalue weighted by Gasteiger charge is -2.38. The Morgan fingerprint density at radius 1 is 1.26 bits per heavy atom. The zero-order chi connectivity index (χ0) is 21.9. The number of rotatable bonds is 3. The first kappa shape index (κ1) is 19.4. The Kier molecular flexibility index (Phi) is 4.23. The zero-order valence-corrected chi connectivity index (χ0v) is 17.1. The number of hydrogen-bond acceptors (Lipinski definition) is 6. The molecule has 3 aromatic rings. The fourth-order valence-corrected chi connectivity index (χ4v) is 4.51. The first-order valence-electron chi connectivity index (χ1n) is 10.2. The van der Waals surface area contributed by atoms with Gasteiger partial charge in [0, 0.05) is 16.5 Å². The summed E-state index contributed by atoms with van der Waals surface area (Å²) in [6.45, 7) is 2.98. The molecule has 31 heavy (non-hydrogen) atoms. The van der Waals surface area contributed by atoms with Crippen LogP contribution in [0.2, 0.25) is 0 Å². The highest BCUT2D eigenvalue weighted by Gasteiger charge is 2.50. The molecular weight excluding hydrogens is 398 g/mol. The minimum absolute atomic E-state index is 0.0421. The van der Waals surface area contributed by atoms with Crippen molar-refractivity contribution < 1.29 is 19.4 Å². The van der Waals surface area contributed by atoms with Gasteiger partial charge in [0.2, 0.25) is 5.60 Å². The van der Waals surface area contributed by atoms with Crippen LogP contribution in [0.1, 0.15) is 37.0 Å². The van der Waals surface area contributed by atoms with Crippen LogP contribution in [-0.4, -0.2) is 32.6 Å². The van der Waals surface area contributed by atoms with E-state index in [4.69, 9.17) is 9.72 Å². The van der Waals surface area contributed by atoms with Crippen LogP contribution in [0.3, 0.4) is 0 Å². The summed E-state index contributed by atoms with van der Waals surface area (Å²) in [4.78, 5) is 43.4. The highest BCUT2D eigenvalue weighted by Crippen LogP contribution is 2.39. The third kappa shape index (κ3) is 2.64. The van der Waals surface area contributed by atoms with Gasteiger partial charge in [0.25, 0.3) is 11.5 Å². The van der Waals surface area contributed by atoms with Gasteiger partial charge in [-0.05, 0) is 31.5 Å².